The third kappa shape index (κ3) is 3.56. The van der Waals surface area contributed by atoms with Gasteiger partial charge < -0.3 is 30.2 Å². The van der Waals surface area contributed by atoms with Gasteiger partial charge in [0.15, 0.2) is 11.5 Å². The summed E-state index contributed by atoms with van der Waals surface area (Å²) in [5.41, 5.74) is 0.599. The number of ether oxygens (including phenoxy) is 3. The molecular weight excluding hydrogens is 274 g/mol. The van der Waals surface area contributed by atoms with Gasteiger partial charge in [-0.05, 0) is 0 Å². The Morgan fingerprint density at radius 1 is 1.14 bits per heavy atom. The molecule has 1 fully saturated rings. The van der Waals surface area contributed by atoms with Gasteiger partial charge in [-0.2, -0.15) is 0 Å². The highest BCUT2D eigenvalue weighted by Gasteiger charge is 2.21. The summed E-state index contributed by atoms with van der Waals surface area (Å²) in [7, 11) is 4.61. The monoisotopic (exact) mass is 295 g/mol. The van der Waals surface area contributed by atoms with Crippen LogP contribution in [-0.4, -0.2) is 52.9 Å². The van der Waals surface area contributed by atoms with E-state index in [9.17, 15) is 4.79 Å². The van der Waals surface area contributed by atoms with Crippen LogP contribution in [0.2, 0.25) is 0 Å². The van der Waals surface area contributed by atoms with E-state index in [-0.39, 0.29) is 11.9 Å². The zero-order valence-corrected chi connectivity index (χ0v) is 12.5. The highest BCUT2D eigenvalue weighted by Crippen LogP contribution is 2.39. The number of methoxy groups -OCH3 is 3. The maximum atomic E-state index is 12.2. The molecular formula is C14H21N3O4. The van der Waals surface area contributed by atoms with Gasteiger partial charge in [0.1, 0.15) is 0 Å². The average Bonchev–Trinajstić information content (AvgIpc) is 2.54. The fourth-order valence-corrected chi connectivity index (χ4v) is 2.22. The lowest BCUT2D eigenvalue weighted by atomic mass is 10.2. The van der Waals surface area contributed by atoms with Crippen molar-refractivity contribution in [2.45, 2.75) is 6.04 Å². The van der Waals surface area contributed by atoms with Crippen LogP contribution in [0.15, 0.2) is 12.1 Å². The van der Waals surface area contributed by atoms with Gasteiger partial charge in [-0.25, -0.2) is 0 Å². The van der Waals surface area contributed by atoms with Crippen molar-refractivity contribution >= 4 is 11.6 Å². The van der Waals surface area contributed by atoms with Crippen molar-refractivity contribution in [2.24, 2.45) is 0 Å². The van der Waals surface area contributed by atoms with Crippen LogP contribution in [0.1, 0.15) is 0 Å². The topological polar surface area (TPSA) is 80.9 Å². The number of hydrogen-bond acceptors (Lipinski definition) is 6. The van der Waals surface area contributed by atoms with E-state index in [0.717, 1.165) is 13.1 Å². The minimum Gasteiger partial charge on any atom is -0.493 e. The van der Waals surface area contributed by atoms with E-state index < -0.39 is 0 Å². The quantitative estimate of drug-likeness (QED) is 0.721. The Morgan fingerprint density at radius 2 is 1.81 bits per heavy atom. The molecule has 0 saturated carbocycles. The molecule has 1 aromatic carbocycles. The van der Waals surface area contributed by atoms with E-state index in [2.05, 4.69) is 16.0 Å². The predicted molar refractivity (Wildman–Crippen MR) is 79.4 cm³/mol. The van der Waals surface area contributed by atoms with Crippen LogP contribution in [0.4, 0.5) is 5.69 Å². The van der Waals surface area contributed by atoms with Crippen LogP contribution >= 0.6 is 0 Å². The van der Waals surface area contributed by atoms with Crippen molar-refractivity contribution in [3.8, 4) is 17.2 Å². The highest BCUT2D eigenvalue weighted by molar-refractivity contribution is 5.95. The number of benzene rings is 1. The van der Waals surface area contributed by atoms with Crippen molar-refractivity contribution in [2.75, 3.05) is 46.3 Å². The van der Waals surface area contributed by atoms with E-state index in [1.54, 1.807) is 12.1 Å². The van der Waals surface area contributed by atoms with Gasteiger partial charge in [-0.1, -0.05) is 0 Å². The van der Waals surface area contributed by atoms with Gasteiger partial charge in [-0.3, -0.25) is 4.79 Å². The van der Waals surface area contributed by atoms with Crippen molar-refractivity contribution in [3.63, 3.8) is 0 Å². The lowest BCUT2D eigenvalue weighted by Gasteiger charge is -2.24. The first kappa shape index (κ1) is 15.4. The summed E-state index contributed by atoms with van der Waals surface area (Å²) in [4.78, 5) is 12.2. The Kier molecular flexibility index (Phi) is 5.24. The smallest absolute Gasteiger partial charge is 0.242 e. The normalized spacial score (nSPS) is 18.0. The SMILES string of the molecule is COc1cc(NC(=O)C2CNCCN2)cc(OC)c1OC. The van der Waals surface area contributed by atoms with Crippen LogP contribution in [0, 0.1) is 0 Å². The van der Waals surface area contributed by atoms with Crippen molar-refractivity contribution in [1.29, 1.82) is 0 Å². The Balaban J connectivity index is 2.17. The summed E-state index contributed by atoms with van der Waals surface area (Å²) < 4.78 is 15.8. The second-order valence-corrected chi connectivity index (χ2v) is 4.61. The maximum absolute atomic E-state index is 12.2. The Labute approximate surface area is 123 Å². The Hall–Kier alpha value is -1.99. The summed E-state index contributed by atoms with van der Waals surface area (Å²) in [5.74, 6) is 1.40. The van der Waals surface area contributed by atoms with Crippen molar-refractivity contribution in [1.82, 2.24) is 10.6 Å². The first-order valence-electron chi connectivity index (χ1n) is 6.74. The second-order valence-electron chi connectivity index (χ2n) is 4.61. The standard InChI is InChI=1S/C14H21N3O4/c1-19-11-6-9(7-12(20-2)13(11)21-3)17-14(18)10-8-15-4-5-16-10/h6-7,10,15-16H,4-5,8H2,1-3H3,(H,17,18). The first-order chi connectivity index (χ1) is 10.2. The molecule has 1 unspecified atom stereocenters. The molecule has 0 aromatic heterocycles. The van der Waals surface area contributed by atoms with Crippen molar-refractivity contribution < 1.29 is 19.0 Å². The van der Waals surface area contributed by atoms with Crippen LogP contribution in [-0.2, 0) is 4.79 Å². The zero-order valence-electron chi connectivity index (χ0n) is 12.5. The molecule has 3 N–H and O–H groups in total. The van der Waals surface area contributed by atoms with Gasteiger partial charge >= 0.3 is 0 Å². The lowest BCUT2D eigenvalue weighted by molar-refractivity contribution is -0.118. The lowest BCUT2D eigenvalue weighted by Crippen LogP contribution is -2.54. The van der Waals surface area contributed by atoms with Gasteiger partial charge in [0, 0.05) is 37.5 Å². The van der Waals surface area contributed by atoms with E-state index in [4.69, 9.17) is 14.2 Å². The number of rotatable bonds is 5. The molecule has 1 aliphatic rings. The summed E-state index contributed by atoms with van der Waals surface area (Å²) in [6, 6.07) is 3.16. The third-order valence-electron chi connectivity index (χ3n) is 3.29. The summed E-state index contributed by atoms with van der Waals surface area (Å²) >= 11 is 0. The number of piperazine rings is 1. The van der Waals surface area contributed by atoms with Crippen molar-refractivity contribution in [3.05, 3.63) is 12.1 Å². The summed E-state index contributed by atoms with van der Waals surface area (Å²) in [5, 5.41) is 9.18. The molecule has 1 aromatic rings. The number of amides is 1. The molecule has 116 valence electrons. The molecule has 7 nitrogen and oxygen atoms in total. The van der Waals surface area contributed by atoms with E-state index in [1.807, 2.05) is 0 Å². The van der Waals surface area contributed by atoms with Gasteiger partial charge in [0.25, 0.3) is 0 Å². The Bertz CT molecular complexity index is 476. The average molecular weight is 295 g/mol. The van der Waals surface area contributed by atoms with Crippen LogP contribution < -0.4 is 30.2 Å². The van der Waals surface area contributed by atoms with Crippen LogP contribution in [0.25, 0.3) is 0 Å². The number of hydrogen-bond donors (Lipinski definition) is 3. The third-order valence-corrected chi connectivity index (χ3v) is 3.29. The zero-order chi connectivity index (χ0) is 15.2. The van der Waals surface area contributed by atoms with Crippen LogP contribution in [0.5, 0.6) is 17.2 Å². The van der Waals surface area contributed by atoms with E-state index in [1.165, 1.54) is 21.3 Å². The van der Waals surface area contributed by atoms with Crippen LogP contribution in [0.3, 0.4) is 0 Å². The molecule has 1 heterocycles. The summed E-state index contributed by atoms with van der Waals surface area (Å²) in [6.45, 7) is 2.25. The molecule has 1 atom stereocenters. The predicted octanol–water partition coefficient (Wildman–Crippen LogP) is 0.212. The maximum Gasteiger partial charge on any atom is 0.242 e. The minimum absolute atomic E-state index is 0.100. The highest BCUT2D eigenvalue weighted by atomic mass is 16.5. The largest absolute Gasteiger partial charge is 0.493 e. The molecule has 0 radical (unpaired) electrons. The minimum atomic E-state index is -0.252. The van der Waals surface area contributed by atoms with E-state index >= 15 is 0 Å². The molecule has 0 bridgehead atoms. The molecule has 2 rings (SSSR count). The molecule has 1 aliphatic heterocycles. The van der Waals surface area contributed by atoms with Gasteiger partial charge in [-0.15, -0.1) is 0 Å². The Morgan fingerprint density at radius 3 is 2.29 bits per heavy atom. The number of anilines is 1. The molecule has 1 amide bonds. The van der Waals surface area contributed by atoms with Gasteiger partial charge in [0.2, 0.25) is 11.7 Å². The van der Waals surface area contributed by atoms with Gasteiger partial charge in [0.05, 0.1) is 27.4 Å². The molecule has 0 spiro atoms. The molecule has 0 aliphatic carbocycles. The first-order valence-corrected chi connectivity index (χ1v) is 6.74. The summed E-state index contributed by atoms with van der Waals surface area (Å²) in [6.07, 6.45) is 0. The molecule has 21 heavy (non-hydrogen) atoms. The molecule has 1 saturated heterocycles. The fourth-order valence-electron chi connectivity index (χ4n) is 2.22. The number of carbonyl (C=O) groups is 1. The number of nitrogens with one attached hydrogen (secondary N) is 3. The van der Waals surface area contributed by atoms with E-state index in [0.29, 0.717) is 29.5 Å². The fraction of sp³-hybridized carbons (Fsp3) is 0.500. The number of carbonyl (C=O) groups excluding carboxylic acids is 1. The molecule has 7 heteroatoms. The second kappa shape index (κ2) is 7.14.